The Bertz CT molecular complexity index is 342. The molecule has 1 aliphatic rings. The van der Waals surface area contributed by atoms with Gasteiger partial charge in [-0.15, -0.1) is 0 Å². The molecule has 1 amide bonds. The lowest BCUT2D eigenvalue weighted by Crippen LogP contribution is -2.27. The van der Waals surface area contributed by atoms with Gasteiger partial charge in [0.25, 0.3) is 5.91 Å². The van der Waals surface area contributed by atoms with Gasteiger partial charge < -0.3 is 10.1 Å². The Balaban J connectivity index is 1.93. The predicted molar refractivity (Wildman–Crippen MR) is 54.2 cm³/mol. The summed E-state index contributed by atoms with van der Waals surface area (Å²) >= 11 is 0. The van der Waals surface area contributed by atoms with E-state index in [1.165, 1.54) is 6.33 Å². The highest BCUT2D eigenvalue weighted by molar-refractivity contribution is 5.94. The summed E-state index contributed by atoms with van der Waals surface area (Å²) in [4.78, 5) is 19.3. The number of rotatable bonds is 2. The fraction of sp³-hybridized carbons (Fsp3) is 0.500. The fourth-order valence-corrected chi connectivity index (χ4v) is 1.58. The first-order valence-corrected chi connectivity index (χ1v) is 4.97. The lowest BCUT2D eigenvalue weighted by Gasteiger charge is -2.10. The molecular weight excluding hydrogens is 194 g/mol. The summed E-state index contributed by atoms with van der Waals surface area (Å²) in [6.07, 6.45) is 6.09. The van der Waals surface area contributed by atoms with Crippen LogP contribution >= 0.6 is 0 Å². The van der Waals surface area contributed by atoms with Gasteiger partial charge in [-0.3, -0.25) is 4.79 Å². The van der Waals surface area contributed by atoms with Gasteiger partial charge in [0.1, 0.15) is 12.4 Å². The lowest BCUT2D eigenvalue weighted by molar-refractivity contribution is -0.126. The first-order chi connectivity index (χ1) is 7.25. The van der Waals surface area contributed by atoms with E-state index in [-0.39, 0.29) is 18.1 Å². The molecule has 15 heavy (non-hydrogen) atoms. The lowest BCUT2D eigenvalue weighted by atomic mass is 10.2. The Morgan fingerprint density at radius 2 is 2.20 bits per heavy atom. The minimum atomic E-state index is -0.333. The van der Waals surface area contributed by atoms with E-state index < -0.39 is 0 Å². The van der Waals surface area contributed by atoms with E-state index >= 15 is 0 Å². The molecule has 0 radical (unpaired) electrons. The zero-order chi connectivity index (χ0) is 10.7. The number of anilines is 1. The summed E-state index contributed by atoms with van der Waals surface area (Å²) in [5.74, 6) is -0.117. The SMILES string of the molecule is CC1CCC(C(=O)Nc2cncnc2)O1. The van der Waals surface area contributed by atoms with E-state index in [2.05, 4.69) is 15.3 Å². The number of hydrogen-bond donors (Lipinski definition) is 1. The van der Waals surface area contributed by atoms with Crippen molar-refractivity contribution < 1.29 is 9.53 Å². The highest BCUT2D eigenvalue weighted by atomic mass is 16.5. The fourth-order valence-electron chi connectivity index (χ4n) is 1.58. The first-order valence-electron chi connectivity index (χ1n) is 4.97. The van der Waals surface area contributed by atoms with Crippen molar-refractivity contribution in [2.24, 2.45) is 0 Å². The van der Waals surface area contributed by atoms with Crippen LogP contribution in [0.1, 0.15) is 19.8 Å². The summed E-state index contributed by atoms with van der Waals surface area (Å²) in [5, 5.41) is 2.72. The number of aromatic nitrogens is 2. The van der Waals surface area contributed by atoms with Crippen LogP contribution in [0.2, 0.25) is 0 Å². The summed E-state index contributed by atoms with van der Waals surface area (Å²) in [5.41, 5.74) is 0.602. The van der Waals surface area contributed by atoms with Crippen LogP contribution in [0, 0.1) is 0 Å². The maximum Gasteiger partial charge on any atom is 0.253 e. The standard InChI is InChI=1S/C10H13N3O2/c1-7-2-3-9(15-7)10(14)13-8-4-11-6-12-5-8/h4-7,9H,2-3H2,1H3,(H,13,14). The Kier molecular flexibility index (Phi) is 2.91. The van der Waals surface area contributed by atoms with Crippen molar-refractivity contribution in [3.8, 4) is 0 Å². The zero-order valence-electron chi connectivity index (χ0n) is 8.51. The molecule has 5 nitrogen and oxygen atoms in total. The maximum absolute atomic E-state index is 11.7. The molecule has 80 valence electrons. The maximum atomic E-state index is 11.7. The summed E-state index contributed by atoms with van der Waals surface area (Å²) < 4.78 is 5.44. The Labute approximate surface area is 87.9 Å². The smallest absolute Gasteiger partial charge is 0.253 e. The van der Waals surface area contributed by atoms with Crippen LogP contribution in [0.25, 0.3) is 0 Å². The minimum absolute atomic E-state index is 0.117. The average Bonchev–Trinajstić information content (AvgIpc) is 2.66. The molecule has 1 aromatic heterocycles. The van der Waals surface area contributed by atoms with E-state index in [9.17, 15) is 4.79 Å². The molecule has 2 atom stereocenters. The number of hydrogen-bond acceptors (Lipinski definition) is 4. The van der Waals surface area contributed by atoms with Crippen molar-refractivity contribution in [3.63, 3.8) is 0 Å². The zero-order valence-corrected chi connectivity index (χ0v) is 8.51. The van der Waals surface area contributed by atoms with E-state index in [1.54, 1.807) is 12.4 Å². The van der Waals surface area contributed by atoms with Gasteiger partial charge in [-0.05, 0) is 19.8 Å². The summed E-state index contributed by atoms with van der Waals surface area (Å²) in [6.45, 7) is 1.97. The number of nitrogens with one attached hydrogen (secondary N) is 1. The van der Waals surface area contributed by atoms with Gasteiger partial charge in [-0.1, -0.05) is 0 Å². The molecule has 1 fully saturated rings. The van der Waals surface area contributed by atoms with Crippen molar-refractivity contribution in [1.82, 2.24) is 9.97 Å². The molecular formula is C10H13N3O2. The molecule has 5 heteroatoms. The number of carbonyl (C=O) groups is 1. The van der Waals surface area contributed by atoms with Gasteiger partial charge in [0.05, 0.1) is 24.2 Å². The first kappa shape index (κ1) is 10.0. The molecule has 1 aromatic rings. The second kappa shape index (κ2) is 4.35. The molecule has 0 aromatic carbocycles. The van der Waals surface area contributed by atoms with Gasteiger partial charge in [-0.25, -0.2) is 9.97 Å². The number of ether oxygens (including phenoxy) is 1. The summed E-state index contributed by atoms with van der Waals surface area (Å²) in [7, 11) is 0. The van der Waals surface area contributed by atoms with Gasteiger partial charge in [0.15, 0.2) is 0 Å². The van der Waals surface area contributed by atoms with Crippen molar-refractivity contribution in [1.29, 1.82) is 0 Å². The Hall–Kier alpha value is -1.49. The van der Waals surface area contributed by atoms with Gasteiger partial charge in [0.2, 0.25) is 0 Å². The highest BCUT2D eigenvalue weighted by Crippen LogP contribution is 2.20. The molecule has 0 bridgehead atoms. The van der Waals surface area contributed by atoms with Gasteiger partial charge in [-0.2, -0.15) is 0 Å². The molecule has 2 unspecified atom stereocenters. The number of carbonyl (C=O) groups excluding carboxylic acids is 1. The van der Waals surface area contributed by atoms with Crippen LogP contribution < -0.4 is 5.32 Å². The topological polar surface area (TPSA) is 64.1 Å². The largest absolute Gasteiger partial charge is 0.365 e. The van der Waals surface area contributed by atoms with Crippen molar-refractivity contribution in [2.45, 2.75) is 32.0 Å². The molecule has 2 rings (SSSR count). The molecule has 0 saturated carbocycles. The molecule has 0 spiro atoms. The monoisotopic (exact) mass is 207 g/mol. The number of nitrogens with zero attached hydrogens (tertiary/aromatic N) is 2. The van der Waals surface area contributed by atoms with Crippen LogP contribution in [0.4, 0.5) is 5.69 Å². The third-order valence-corrected chi connectivity index (χ3v) is 2.35. The Morgan fingerprint density at radius 3 is 2.80 bits per heavy atom. The Morgan fingerprint density at radius 1 is 1.47 bits per heavy atom. The van der Waals surface area contributed by atoms with Crippen LogP contribution in [0.5, 0.6) is 0 Å². The molecule has 0 aliphatic carbocycles. The minimum Gasteiger partial charge on any atom is -0.365 e. The van der Waals surface area contributed by atoms with Crippen molar-refractivity contribution in [3.05, 3.63) is 18.7 Å². The van der Waals surface area contributed by atoms with Crippen LogP contribution in [0.3, 0.4) is 0 Å². The normalized spacial score (nSPS) is 25.1. The molecule has 2 heterocycles. The number of amides is 1. The van der Waals surface area contributed by atoms with Gasteiger partial charge >= 0.3 is 0 Å². The second-order valence-corrected chi connectivity index (χ2v) is 3.63. The molecule has 1 aliphatic heterocycles. The second-order valence-electron chi connectivity index (χ2n) is 3.63. The van der Waals surface area contributed by atoms with Crippen LogP contribution in [-0.4, -0.2) is 28.1 Å². The quantitative estimate of drug-likeness (QED) is 0.785. The van der Waals surface area contributed by atoms with E-state index in [0.717, 1.165) is 12.8 Å². The summed E-state index contributed by atoms with van der Waals surface area (Å²) in [6, 6.07) is 0. The third kappa shape index (κ3) is 2.50. The van der Waals surface area contributed by atoms with Crippen molar-refractivity contribution >= 4 is 11.6 Å². The molecule has 1 N–H and O–H groups in total. The van der Waals surface area contributed by atoms with Gasteiger partial charge in [0, 0.05) is 0 Å². The van der Waals surface area contributed by atoms with Crippen LogP contribution in [-0.2, 0) is 9.53 Å². The van der Waals surface area contributed by atoms with Crippen LogP contribution in [0.15, 0.2) is 18.7 Å². The van der Waals surface area contributed by atoms with Crippen molar-refractivity contribution in [2.75, 3.05) is 5.32 Å². The van der Waals surface area contributed by atoms with E-state index in [1.807, 2.05) is 6.92 Å². The molecule has 1 saturated heterocycles. The third-order valence-electron chi connectivity index (χ3n) is 2.35. The highest BCUT2D eigenvalue weighted by Gasteiger charge is 2.28. The average molecular weight is 207 g/mol. The predicted octanol–water partition coefficient (Wildman–Crippen LogP) is 0.983. The van der Waals surface area contributed by atoms with E-state index in [4.69, 9.17) is 4.74 Å². The van der Waals surface area contributed by atoms with E-state index in [0.29, 0.717) is 5.69 Å².